The zero-order valence-electron chi connectivity index (χ0n) is 70.2. The van der Waals surface area contributed by atoms with Crippen molar-refractivity contribution in [1.29, 1.82) is 0 Å². The van der Waals surface area contributed by atoms with Gasteiger partial charge in [-0.1, -0.05) is 158 Å². The summed E-state index contributed by atoms with van der Waals surface area (Å²) in [6, 6.07) is 83.5. The number of rotatable bonds is 8. The van der Waals surface area contributed by atoms with Crippen LogP contribution in [0.2, 0.25) is 0 Å². The van der Waals surface area contributed by atoms with Crippen molar-refractivity contribution in [1.82, 2.24) is 19.9 Å². The Morgan fingerprint density at radius 2 is 0.617 bits per heavy atom. The molecule has 0 bridgehead atoms. The molecule has 12 nitrogen and oxygen atoms in total. The van der Waals surface area contributed by atoms with Crippen LogP contribution in [0.5, 0.6) is 0 Å². The van der Waals surface area contributed by atoms with Crippen LogP contribution in [0.15, 0.2) is 291 Å². The molecule has 0 atom stereocenters. The maximum absolute atomic E-state index is 8.11. The molecule has 0 spiro atoms. The quantitative estimate of drug-likeness (QED) is 0.138. The first-order valence-electron chi connectivity index (χ1n) is 40.4. The number of furan rings is 4. The molecular formula is C103H90N8O4+4. The minimum atomic E-state index is -2.26. The third kappa shape index (κ3) is 13.8. The van der Waals surface area contributed by atoms with Gasteiger partial charge in [-0.25, -0.2) is 38.2 Å². The van der Waals surface area contributed by atoms with Gasteiger partial charge in [0, 0.05) is 117 Å². The van der Waals surface area contributed by atoms with Gasteiger partial charge >= 0.3 is 0 Å². The summed E-state index contributed by atoms with van der Waals surface area (Å²) in [6.45, 7) is 18.5. The van der Waals surface area contributed by atoms with E-state index in [1.165, 1.54) is 61.2 Å². The summed E-state index contributed by atoms with van der Waals surface area (Å²) in [5.74, 6) is 0. The molecule has 115 heavy (non-hydrogen) atoms. The highest BCUT2D eigenvalue weighted by Gasteiger charge is 2.29. The van der Waals surface area contributed by atoms with Crippen LogP contribution in [-0.4, -0.2) is 19.9 Å². The van der Waals surface area contributed by atoms with Crippen LogP contribution in [0, 0.1) is 76.1 Å². The highest BCUT2D eigenvalue weighted by molar-refractivity contribution is 6.13. The van der Waals surface area contributed by atoms with Gasteiger partial charge in [0.25, 0.3) is 0 Å². The van der Waals surface area contributed by atoms with Gasteiger partial charge in [0.05, 0.1) is 22.3 Å². The first-order valence-corrected chi connectivity index (χ1v) is 38.9. The molecule has 562 valence electrons. The fourth-order valence-electron chi connectivity index (χ4n) is 16.5. The average molecular weight is 1510 g/mol. The third-order valence-electron chi connectivity index (χ3n) is 22.2. The number of nitrogens with zero attached hydrogens (tertiary/aromatic N) is 8. The van der Waals surface area contributed by atoms with E-state index < -0.39 is 6.85 Å². The lowest BCUT2D eigenvalue weighted by Gasteiger charge is -2.11. The van der Waals surface area contributed by atoms with Crippen LogP contribution in [0.3, 0.4) is 0 Å². The van der Waals surface area contributed by atoms with Gasteiger partial charge < -0.3 is 17.7 Å². The van der Waals surface area contributed by atoms with Gasteiger partial charge in [-0.15, -0.1) is 0 Å². The zero-order chi connectivity index (χ0) is 82.1. The molecule has 12 heterocycles. The maximum Gasteiger partial charge on any atom is 0.227 e. The predicted molar refractivity (Wildman–Crippen MR) is 466 cm³/mol. The first kappa shape index (κ1) is 70.3. The smallest absolute Gasteiger partial charge is 0.227 e. The van der Waals surface area contributed by atoms with Crippen molar-refractivity contribution >= 4 is 88.3 Å². The Balaban J connectivity index is 0.000000113. The minimum absolute atomic E-state index is 0.292. The molecule has 20 aromatic rings. The number of hydrogen-bond acceptors (Lipinski definition) is 8. The second-order valence-corrected chi connectivity index (χ2v) is 30.4. The maximum atomic E-state index is 8.11. The van der Waals surface area contributed by atoms with Gasteiger partial charge in [0.2, 0.25) is 45.6 Å². The molecule has 0 unspecified atom stereocenters. The minimum Gasteiger partial charge on any atom is -0.437 e. The van der Waals surface area contributed by atoms with E-state index in [1.54, 1.807) is 18.3 Å². The first-order chi connectivity index (χ1) is 56.9. The molecule has 0 N–H and O–H groups in total. The molecular weight excluding hydrogens is 1410 g/mol. The summed E-state index contributed by atoms with van der Waals surface area (Å²) in [4.78, 5) is 18.1. The molecule has 0 fully saturated rings. The van der Waals surface area contributed by atoms with Crippen LogP contribution in [0.4, 0.5) is 0 Å². The molecule has 0 aliphatic carbocycles. The monoisotopic (exact) mass is 1510 g/mol. The van der Waals surface area contributed by atoms with Crippen molar-refractivity contribution < 1.29 is 40.0 Å². The van der Waals surface area contributed by atoms with Crippen molar-refractivity contribution in [2.24, 2.45) is 28.2 Å². The second-order valence-electron chi connectivity index (χ2n) is 30.4. The largest absolute Gasteiger partial charge is 0.437 e. The number of fused-ring (bicyclic) bond motifs is 12. The van der Waals surface area contributed by atoms with Gasteiger partial charge in [-0.2, -0.15) is 0 Å². The van der Waals surface area contributed by atoms with Crippen molar-refractivity contribution in [3.63, 3.8) is 0 Å². The van der Waals surface area contributed by atoms with E-state index in [9.17, 15) is 0 Å². The third-order valence-corrected chi connectivity index (χ3v) is 22.2. The predicted octanol–water partition coefficient (Wildman–Crippen LogP) is 24.0. The van der Waals surface area contributed by atoms with Gasteiger partial charge in [0.1, 0.15) is 28.2 Å². The molecule has 0 radical (unpaired) electrons. The van der Waals surface area contributed by atoms with Crippen LogP contribution >= 0.6 is 0 Å². The topological polar surface area (TPSA) is 120 Å². The highest BCUT2D eigenvalue weighted by atomic mass is 16.4. The lowest BCUT2D eigenvalue weighted by molar-refractivity contribution is -0.660. The fourth-order valence-corrected chi connectivity index (χ4v) is 16.5. The van der Waals surface area contributed by atoms with Crippen LogP contribution < -0.4 is 18.3 Å². The normalized spacial score (nSPS) is 11.9. The van der Waals surface area contributed by atoms with Crippen molar-refractivity contribution in [3.05, 3.63) is 335 Å². The van der Waals surface area contributed by atoms with Gasteiger partial charge in [-0.3, -0.25) is 0 Å². The summed E-state index contributed by atoms with van der Waals surface area (Å²) in [5, 5.41) is 7.90. The molecule has 0 aliphatic heterocycles. The number of hydrogen-bond donors (Lipinski definition) is 0. The zero-order valence-corrected chi connectivity index (χ0v) is 67.2. The lowest BCUT2D eigenvalue weighted by atomic mass is 9.95. The van der Waals surface area contributed by atoms with Crippen molar-refractivity contribution in [3.8, 4) is 89.5 Å². The van der Waals surface area contributed by atoms with E-state index in [4.69, 9.17) is 21.8 Å². The standard InChI is InChI=1S/3C26H23N2O.C25H21N2O/c1-16-14-22(28(4)15-21(16)19-9-6-5-7-10-19)24-18(3)13-17(2)23-20-11-8-12-27-26(20)29-25(23)24;1-16-14-17(2)24(25-23(16)21-12-10-18(3)27-26(21)29-25)22-13-11-20(15-28(22)4)19-8-6-5-7-9-19;1-16-10-12-20-21-13-11-18(3)27-26(21)29-25(20)24(16)23-14-17(2)22(15-28(23)4)19-8-6-5-7-9-19;1-16-9-12-20-21-13-10-17(2)26-25(21)28-24(20)23(16)22-14-11-19(15-27(22)3)18-7-5-4-6-8-18/h3*5-15H,1-4H3;4-15H,1-3H3/q4*+1/i2D3;;;. The van der Waals surface area contributed by atoms with E-state index in [0.717, 1.165) is 139 Å². The molecule has 12 heteroatoms. The molecule has 0 aliphatic rings. The van der Waals surface area contributed by atoms with Crippen LogP contribution in [-0.2, 0) is 28.2 Å². The Hall–Kier alpha value is -13.8. The van der Waals surface area contributed by atoms with Gasteiger partial charge in [-0.05, 0) is 204 Å². The lowest BCUT2D eigenvalue weighted by Crippen LogP contribution is -2.31. The Kier molecular flexibility index (Phi) is 18.5. The Morgan fingerprint density at radius 1 is 0.261 bits per heavy atom. The fraction of sp³-hybridized carbons (Fsp3) is 0.146. The summed E-state index contributed by atoms with van der Waals surface area (Å²) in [5.41, 5.74) is 35.2. The van der Waals surface area contributed by atoms with Gasteiger partial charge in [0.15, 0.2) is 47.1 Å². The van der Waals surface area contributed by atoms with Crippen LogP contribution in [0.1, 0.15) is 65.7 Å². The summed E-state index contributed by atoms with van der Waals surface area (Å²) in [6.07, 6.45) is 10.3. The van der Waals surface area contributed by atoms with E-state index in [2.05, 4.69) is 302 Å². The number of aromatic nitrogens is 8. The number of pyridine rings is 8. The van der Waals surface area contributed by atoms with Crippen molar-refractivity contribution in [2.45, 2.75) is 76.1 Å². The summed E-state index contributed by atoms with van der Waals surface area (Å²) >= 11 is 0. The Bertz CT molecular complexity index is 7330. The molecule has 20 rings (SSSR count). The van der Waals surface area contributed by atoms with E-state index in [0.29, 0.717) is 39.4 Å². The SMILES string of the molecule is Cc1ccc2c(n1)oc1c(-c3cc(C)c(-c4ccccc4)c[n+]3C)c(C)ccc12.Cc1ccc2c(n1)oc1c(-c3ccc(-c4ccccc4)c[n+]3C)c(C)cc(C)c12.Cc1ccc2c(n1)oc1c(-c3ccc(-c4ccccc4)c[n+]3C)c(C)ccc12.[2H]C([2H])([2H])c1cc(C)c(-c2cc(C)c(-c3ccccc3)c[n+]2C)c2oc3ncccc3c12. The summed E-state index contributed by atoms with van der Waals surface area (Å²) in [7, 11) is 8.29. The number of aryl methyl sites for hydroxylation is 15. The molecule has 8 aromatic carbocycles. The molecule has 12 aromatic heterocycles. The molecule has 0 saturated heterocycles. The molecule has 0 amide bonds. The Labute approximate surface area is 673 Å². The number of benzene rings is 8. The van der Waals surface area contributed by atoms with E-state index >= 15 is 0 Å². The van der Waals surface area contributed by atoms with E-state index in [-0.39, 0.29) is 0 Å². The van der Waals surface area contributed by atoms with Crippen LogP contribution in [0.25, 0.3) is 178 Å². The summed E-state index contributed by atoms with van der Waals surface area (Å²) < 4.78 is 58.0. The van der Waals surface area contributed by atoms with Crippen molar-refractivity contribution in [2.75, 3.05) is 0 Å². The highest BCUT2D eigenvalue weighted by Crippen LogP contribution is 2.44. The molecule has 0 saturated carbocycles. The second kappa shape index (κ2) is 30.3. The Morgan fingerprint density at radius 3 is 1.07 bits per heavy atom. The average Bonchev–Trinajstić information content (AvgIpc) is 1.53. The van der Waals surface area contributed by atoms with E-state index in [1.807, 2.05) is 89.3 Å².